The van der Waals surface area contributed by atoms with Crippen LogP contribution in [0.15, 0.2) is 30.6 Å². The number of aromatic nitrogens is 1. The van der Waals surface area contributed by atoms with Crippen LogP contribution < -0.4 is 5.73 Å². The molecule has 100 valence electrons. The fraction of sp³-hybridized carbons (Fsp3) is 0.357. The fourth-order valence-corrected chi connectivity index (χ4v) is 2.06. The molecule has 0 fully saturated rings. The first-order valence-electron chi connectivity index (χ1n) is 6.26. The molecule has 5 nitrogen and oxygen atoms in total. The van der Waals surface area contributed by atoms with Gasteiger partial charge in [0.15, 0.2) is 0 Å². The molecule has 0 aliphatic heterocycles. The van der Waals surface area contributed by atoms with Crippen LogP contribution in [0.1, 0.15) is 19.4 Å². The van der Waals surface area contributed by atoms with Crippen molar-refractivity contribution in [2.45, 2.75) is 26.3 Å². The molecule has 2 rings (SSSR count). The second-order valence-electron chi connectivity index (χ2n) is 5.03. The number of pyridine rings is 1. The minimum Gasteiger partial charge on any atom is -0.327 e. The number of hydrogen-bond acceptors (Lipinski definition) is 4. The van der Waals surface area contributed by atoms with E-state index in [-0.39, 0.29) is 16.7 Å². The Balaban J connectivity index is 2.53. The number of fused-ring (bicyclic) bond motifs is 1. The van der Waals surface area contributed by atoms with Crippen molar-refractivity contribution in [3.63, 3.8) is 0 Å². The normalized spacial score (nSPS) is 12.8. The van der Waals surface area contributed by atoms with E-state index in [4.69, 9.17) is 5.73 Å². The van der Waals surface area contributed by atoms with Crippen molar-refractivity contribution in [1.82, 2.24) is 4.98 Å². The highest BCUT2D eigenvalue weighted by atomic mass is 16.6. The van der Waals surface area contributed by atoms with Crippen molar-refractivity contribution in [3.8, 4) is 0 Å². The number of nitro groups is 1. The summed E-state index contributed by atoms with van der Waals surface area (Å²) in [6, 6.07) is 5.18. The quantitative estimate of drug-likeness (QED) is 0.676. The lowest BCUT2D eigenvalue weighted by molar-refractivity contribution is -0.383. The number of rotatable bonds is 4. The van der Waals surface area contributed by atoms with Gasteiger partial charge in [0.1, 0.15) is 0 Å². The van der Waals surface area contributed by atoms with Gasteiger partial charge in [-0.15, -0.1) is 0 Å². The summed E-state index contributed by atoms with van der Waals surface area (Å²) in [5, 5.41) is 12.4. The van der Waals surface area contributed by atoms with E-state index < -0.39 is 0 Å². The molecule has 0 saturated carbocycles. The first-order chi connectivity index (χ1) is 9.00. The molecule has 1 aromatic carbocycles. The van der Waals surface area contributed by atoms with Crippen LogP contribution in [0.25, 0.3) is 10.8 Å². The topological polar surface area (TPSA) is 82.0 Å². The Hall–Kier alpha value is -2.01. The first-order valence-corrected chi connectivity index (χ1v) is 6.26. The van der Waals surface area contributed by atoms with Crippen LogP contribution in [0.3, 0.4) is 0 Å². The van der Waals surface area contributed by atoms with Gasteiger partial charge in [-0.25, -0.2) is 0 Å². The van der Waals surface area contributed by atoms with Crippen molar-refractivity contribution in [1.29, 1.82) is 0 Å². The summed E-state index contributed by atoms with van der Waals surface area (Å²) >= 11 is 0. The van der Waals surface area contributed by atoms with E-state index in [2.05, 4.69) is 18.8 Å². The summed E-state index contributed by atoms with van der Waals surface area (Å²) in [6.45, 7) is 4.14. The molecule has 0 bridgehead atoms. The third-order valence-electron chi connectivity index (χ3n) is 3.39. The molecule has 0 amide bonds. The fourth-order valence-electron chi connectivity index (χ4n) is 2.06. The van der Waals surface area contributed by atoms with Gasteiger partial charge in [-0.1, -0.05) is 19.9 Å². The monoisotopic (exact) mass is 259 g/mol. The SMILES string of the molecule is CC(C)C(N)Cc1ccc([N+](=O)[O-])c2cnccc12. The van der Waals surface area contributed by atoms with Gasteiger partial charge in [0.25, 0.3) is 5.69 Å². The molecule has 0 radical (unpaired) electrons. The number of nitro benzene ring substituents is 1. The molecular weight excluding hydrogens is 242 g/mol. The predicted molar refractivity (Wildman–Crippen MR) is 74.9 cm³/mol. The van der Waals surface area contributed by atoms with Crippen LogP contribution in [0.4, 0.5) is 5.69 Å². The van der Waals surface area contributed by atoms with Crippen molar-refractivity contribution in [2.75, 3.05) is 0 Å². The summed E-state index contributed by atoms with van der Waals surface area (Å²) in [7, 11) is 0. The van der Waals surface area contributed by atoms with Gasteiger partial charge < -0.3 is 5.73 Å². The van der Waals surface area contributed by atoms with Gasteiger partial charge in [0, 0.05) is 24.5 Å². The largest absolute Gasteiger partial charge is 0.327 e. The zero-order chi connectivity index (χ0) is 14.0. The molecule has 0 saturated heterocycles. The zero-order valence-electron chi connectivity index (χ0n) is 11.0. The maximum atomic E-state index is 11.0. The number of nitrogens with two attached hydrogens (primary N) is 1. The standard InChI is InChI=1S/C14H17N3O2/c1-9(2)13(15)7-10-3-4-14(17(18)19)12-8-16-6-5-11(10)12/h3-6,8-9,13H,7,15H2,1-2H3. The van der Waals surface area contributed by atoms with Crippen LogP contribution in [0, 0.1) is 16.0 Å². The summed E-state index contributed by atoms with van der Waals surface area (Å²) in [6.07, 6.45) is 3.89. The molecule has 1 atom stereocenters. The Morgan fingerprint density at radius 3 is 2.68 bits per heavy atom. The van der Waals surface area contributed by atoms with E-state index in [0.29, 0.717) is 17.7 Å². The molecule has 0 aliphatic rings. The minimum absolute atomic E-state index is 0.0396. The van der Waals surface area contributed by atoms with E-state index in [0.717, 1.165) is 10.9 Å². The van der Waals surface area contributed by atoms with Gasteiger partial charge in [0.2, 0.25) is 0 Å². The smallest absolute Gasteiger partial charge is 0.278 e. The lowest BCUT2D eigenvalue weighted by atomic mass is 9.94. The third kappa shape index (κ3) is 2.71. The average molecular weight is 259 g/mol. The molecule has 1 heterocycles. The van der Waals surface area contributed by atoms with Crippen LogP contribution >= 0.6 is 0 Å². The van der Waals surface area contributed by atoms with Gasteiger partial charge in [-0.3, -0.25) is 15.1 Å². The van der Waals surface area contributed by atoms with Gasteiger partial charge >= 0.3 is 0 Å². The van der Waals surface area contributed by atoms with Crippen LogP contribution in [-0.2, 0) is 6.42 Å². The zero-order valence-corrected chi connectivity index (χ0v) is 11.0. The van der Waals surface area contributed by atoms with Gasteiger partial charge in [0.05, 0.1) is 10.3 Å². The summed E-state index contributed by atoms with van der Waals surface area (Å²) in [5.41, 5.74) is 7.21. The second-order valence-corrected chi connectivity index (χ2v) is 5.03. The van der Waals surface area contributed by atoms with E-state index in [1.54, 1.807) is 12.3 Å². The molecule has 2 aromatic rings. The van der Waals surface area contributed by atoms with E-state index in [1.807, 2.05) is 6.07 Å². The van der Waals surface area contributed by atoms with Crippen molar-refractivity contribution >= 4 is 16.5 Å². The van der Waals surface area contributed by atoms with Crippen LogP contribution in [0.5, 0.6) is 0 Å². The molecule has 0 spiro atoms. The molecule has 1 unspecified atom stereocenters. The number of non-ortho nitro benzene ring substituents is 1. The minimum atomic E-state index is -0.379. The second kappa shape index (κ2) is 5.32. The van der Waals surface area contributed by atoms with Crippen LogP contribution in [-0.4, -0.2) is 15.9 Å². The Morgan fingerprint density at radius 1 is 1.32 bits per heavy atom. The highest BCUT2D eigenvalue weighted by molar-refractivity contribution is 5.92. The lowest BCUT2D eigenvalue weighted by Gasteiger charge is -2.16. The summed E-state index contributed by atoms with van der Waals surface area (Å²) < 4.78 is 0. The Labute approximate surface area is 111 Å². The average Bonchev–Trinajstić information content (AvgIpc) is 2.38. The molecule has 0 aliphatic carbocycles. The maximum Gasteiger partial charge on any atom is 0.278 e. The number of benzene rings is 1. The maximum absolute atomic E-state index is 11.0. The van der Waals surface area contributed by atoms with E-state index in [1.165, 1.54) is 12.3 Å². The molecular formula is C14H17N3O2. The van der Waals surface area contributed by atoms with Gasteiger partial charge in [-0.2, -0.15) is 0 Å². The Bertz CT molecular complexity index is 611. The predicted octanol–water partition coefficient (Wildman–Crippen LogP) is 2.67. The van der Waals surface area contributed by atoms with Gasteiger partial charge in [-0.05, 0) is 29.4 Å². The molecule has 5 heteroatoms. The van der Waals surface area contributed by atoms with E-state index >= 15 is 0 Å². The Kier molecular flexibility index (Phi) is 3.76. The number of hydrogen-bond donors (Lipinski definition) is 1. The Morgan fingerprint density at radius 2 is 2.05 bits per heavy atom. The first kappa shape index (κ1) is 13.4. The van der Waals surface area contributed by atoms with E-state index in [9.17, 15) is 10.1 Å². The highest BCUT2D eigenvalue weighted by Crippen LogP contribution is 2.28. The van der Waals surface area contributed by atoms with Crippen LogP contribution in [0.2, 0.25) is 0 Å². The molecule has 19 heavy (non-hydrogen) atoms. The van der Waals surface area contributed by atoms with Crippen molar-refractivity contribution in [3.05, 3.63) is 46.3 Å². The molecule has 2 N–H and O–H groups in total. The number of nitrogens with zero attached hydrogens (tertiary/aromatic N) is 2. The lowest BCUT2D eigenvalue weighted by Crippen LogP contribution is -2.28. The van der Waals surface area contributed by atoms with Crippen molar-refractivity contribution in [2.24, 2.45) is 11.7 Å². The van der Waals surface area contributed by atoms with Crippen molar-refractivity contribution < 1.29 is 4.92 Å². The highest BCUT2D eigenvalue weighted by Gasteiger charge is 2.16. The summed E-state index contributed by atoms with van der Waals surface area (Å²) in [5.74, 6) is 0.368. The summed E-state index contributed by atoms with van der Waals surface area (Å²) in [4.78, 5) is 14.6. The third-order valence-corrected chi connectivity index (χ3v) is 3.39. The molecule has 1 aromatic heterocycles.